The number of esters is 1. The third-order valence-corrected chi connectivity index (χ3v) is 4.06. The van der Waals surface area contributed by atoms with Crippen molar-refractivity contribution in [2.45, 2.75) is 38.4 Å². The van der Waals surface area contributed by atoms with E-state index in [1.807, 2.05) is 6.92 Å². The number of thioether (sulfide) groups is 1. The van der Waals surface area contributed by atoms with Gasteiger partial charge < -0.3 is 9.47 Å². The molecule has 1 saturated heterocycles. The lowest BCUT2D eigenvalue weighted by Crippen LogP contribution is -2.30. The minimum atomic E-state index is -0.597. The average molecular weight is 316 g/mol. The summed E-state index contributed by atoms with van der Waals surface area (Å²) < 4.78 is 25.3. The molecule has 116 valence electrons. The fraction of sp³-hybridized carbons (Fsp3) is 0.615. The van der Waals surface area contributed by atoms with Crippen molar-refractivity contribution in [1.82, 2.24) is 9.55 Å². The van der Waals surface area contributed by atoms with Crippen LogP contribution in [0.1, 0.15) is 31.7 Å². The van der Waals surface area contributed by atoms with Gasteiger partial charge in [-0.1, -0.05) is 6.92 Å². The van der Waals surface area contributed by atoms with E-state index in [0.717, 1.165) is 17.2 Å². The van der Waals surface area contributed by atoms with Crippen LogP contribution in [0.3, 0.4) is 0 Å². The number of carbonyl (C=O) groups is 1. The van der Waals surface area contributed by atoms with Crippen LogP contribution in [0.4, 0.5) is 4.39 Å². The zero-order chi connectivity index (χ0) is 15.4. The smallest absolute Gasteiger partial charge is 0.350 e. The summed E-state index contributed by atoms with van der Waals surface area (Å²) in [7, 11) is 0. The Balaban J connectivity index is 1.95. The van der Waals surface area contributed by atoms with Crippen molar-refractivity contribution >= 4 is 17.7 Å². The molecular weight excluding hydrogens is 299 g/mol. The Morgan fingerprint density at radius 1 is 1.67 bits per heavy atom. The highest BCUT2D eigenvalue weighted by atomic mass is 32.2. The van der Waals surface area contributed by atoms with Crippen molar-refractivity contribution < 1.29 is 18.7 Å². The maximum Gasteiger partial charge on any atom is 0.350 e. The molecule has 0 radical (unpaired) electrons. The van der Waals surface area contributed by atoms with Crippen LogP contribution in [0.25, 0.3) is 0 Å². The highest BCUT2D eigenvalue weighted by Gasteiger charge is 2.29. The predicted molar refractivity (Wildman–Crippen MR) is 75.4 cm³/mol. The van der Waals surface area contributed by atoms with Gasteiger partial charge in [0.15, 0.2) is 5.82 Å². The first-order valence-electron chi connectivity index (χ1n) is 6.69. The van der Waals surface area contributed by atoms with Crippen LogP contribution < -0.4 is 5.69 Å². The molecule has 1 fully saturated rings. The molecule has 2 rings (SSSR count). The summed E-state index contributed by atoms with van der Waals surface area (Å²) in [4.78, 5) is 26.6. The fourth-order valence-electron chi connectivity index (χ4n) is 1.85. The van der Waals surface area contributed by atoms with Gasteiger partial charge in [-0.05, 0) is 13.3 Å². The van der Waals surface area contributed by atoms with Crippen LogP contribution in [0, 0.1) is 12.7 Å². The van der Waals surface area contributed by atoms with Crippen LogP contribution >= 0.6 is 11.8 Å². The zero-order valence-corrected chi connectivity index (χ0v) is 12.7. The van der Waals surface area contributed by atoms with Gasteiger partial charge in [-0.2, -0.15) is 4.98 Å². The van der Waals surface area contributed by atoms with Crippen molar-refractivity contribution in [3.05, 3.63) is 28.2 Å². The monoisotopic (exact) mass is 316 g/mol. The van der Waals surface area contributed by atoms with Gasteiger partial charge in [0.2, 0.25) is 0 Å². The number of halogens is 1. The molecule has 0 aliphatic carbocycles. The maximum absolute atomic E-state index is 13.5. The molecule has 1 aromatic heterocycles. The van der Waals surface area contributed by atoms with Gasteiger partial charge in [-0.25, -0.2) is 9.18 Å². The van der Waals surface area contributed by atoms with E-state index < -0.39 is 17.7 Å². The minimum absolute atomic E-state index is 0.0620. The van der Waals surface area contributed by atoms with Crippen molar-refractivity contribution in [2.24, 2.45) is 0 Å². The van der Waals surface area contributed by atoms with Crippen molar-refractivity contribution in [3.8, 4) is 0 Å². The lowest BCUT2D eigenvalue weighted by Gasteiger charge is -2.15. The molecule has 0 saturated carbocycles. The summed E-state index contributed by atoms with van der Waals surface area (Å²) in [6.07, 6.45) is 1.60. The second-order valence-electron chi connectivity index (χ2n) is 4.65. The second-order valence-corrected chi connectivity index (χ2v) is 5.84. The molecule has 1 aliphatic heterocycles. The third kappa shape index (κ3) is 4.04. The highest BCUT2D eigenvalue weighted by Crippen LogP contribution is 2.31. The molecule has 0 spiro atoms. The average Bonchev–Trinajstić information content (AvgIpc) is 2.89. The molecular formula is C13H17FN2O4S. The summed E-state index contributed by atoms with van der Waals surface area (Å²) in [6, 6.07) is 0. The molecule has 1 aromatic rings. The molecule has 8 heteroatoms. The Labute approximate surface area is 125 Å². The number of aryl methyl sites for hydroxylation is 1. The molecule has 2 atom stereocenters. The number of ether oxygens (including phenoxy) is 2. The second kappa shape index (κ2) is 7.04. The third-order valence-electron chi connectivity index (χ3n) is 2.96. The van der Waals surface area contributed by atoms with Crippen LogP contribution in [0.15, 0.2) is 11.0 Å². The van der Waals surface area contributed by atoms with Crippen LogP contribution in [-0.2, 0) is 14.3 Å². The van der Waals surface area contributed by atoms with Gasteiger partial charge in [0, 0.05) is 18.4 Å². The number of nitrogens with zero attached hydrogens (tertiary/aromatic N) is 2. The van der Waals surface area contributed by atoms with Gasteiger partial charge >= 0.3 is 11.7 Å². The van der Waals surface area contributed by atoms with Crippen LogP contribution in [-0.4, -0.2) is 33.3 Å². The molecule has 0 N–H and O–H groups in total. The minimum Gasteiger partial charge on any atom is -0.462 e. The summed E-state index contributed by atoms with van der Waals surface area (Å²) >= 11 is 1.41. The first-order chi connectivity index (χ1) is 10.0. The SMILES string of the molecule is CCCC(=O)OCC1OC(n2cc(F)c(C)nc2=O)CS1. The number of rotatable bonds is 5. The molecule has 1 aliphatic rings. The van der Waals surface area contributed by atoms with Crippen LogP contribution in [0.2, 0.25) is 0 Å². The number of aromatic nitrogens is 2. The Kier molecular flexibility index (Phi) is 5.35. The molecule has 6 nitrogen and oxygen atoms in total. The molecule has 2 unspecified atom stereocenters. The van der Waals surface area contributed by atoms with Gasteiger partial charge in [-0.15, -0.1) is 11.8 Å². The van der Waals surface area contributed by atoms with E-state index in [2.05, 4.69) is 4.98 Å². The van der Waals surface area contributed by atoms with E-state index in [4.69, 9.17) is 9.47 Å². The molecule has 0 amide bonds. The molecule has 0 bridgehead atoms. The normalized spacial score (nSPS) is 21.5. The zero-order valence-electron chi connectivity index (χ0n) is 11.9. The van der Waals surface area contributed by atoms with Crippen LogP contribution in [0.5, 0.6) is 0 Å². The van der Waals surface area contributed by atoms with E-state index in [1.54, 1.807) is 0 Å². The van der Waals surface area contributed by atoms with Crippen molar-refractivity contribution in [3.63, 3.8) is 0 Å². The molecule has 2 heterocycles. The predicted octanol–water partition coefficient (Wildman–Crippen LogP) is 1.62. The summed E-state index contributed by atoms with van der Waals surface area (Å²) in [5.74, 6) is -0.355. The Hall–Kier alpha value is -1.41. The van der Waals surface area contributed by atoms with Gasteiger partial charge in [0.1, 0.15) is 18.3 Å². The lowest BCUT2D eigenvalue weighted by molar-refractivity contribution is -0.146. The lowest BCUT2D eigenvalue weighted by atomic mass is 10.3. The Bertz CT molecular complexity index is 578. The quantitative estimate of drug-likeness (QED) is 0.769. The number of carbonyl (C=O) groups excluding carboxylic acids is 1. The van der Waals surface area contributed by atoms with Gasteiger partial charge in [0.05, 0.1) is 5.69 Å². The van der Waals surface area contributed by atoms with Crippen molar-refractivity contribution in [2.75, 3.05) is 12.4 Å². The summed E-state index contributed by atoms with van der Waals surface area (Å²) in [5, 5.41) is 0. The molecule has 21 heavy (non-hydrogen) atoms. The summed E-state index contributed by atoms with van der Waals surface area (Å²) in [5.41, 5.74) is -0.845. The number of hydrogen-bond acceptors (Lipinski definition) is 6. The van der Waals surface area contributed by atoms with E-state index in [9.17, 15) is 14.0 Å². The Morgan fingerprint density at radius 3 is 3.14 bits per heavy atom. The van der Waals surface area contributed by atoms with Crippen molar-refractivity contribution in [1.29, 1.82) is 0 Å². The summed E-state index contributed by atoms with van der Waals surface area (Å²) in [6.45, 7) is 3.45. The largest absolute Gasteiger partial charge is 0.462 e. The maximum atomic E-state index is 13.5. The highest BCUT2D eigenvalue weighted by molar-refractivity contribution is 8.00. The fourth-order valence-corrected chi connectivity index (χ4v) is 2.84. The van der Waals surface area contributed by atoms with E-state index in [-0.39, 0.29) is 23.7 Å². The first-order valence-corrected chi connectivity index (χ1v) is 7.74. The van der Waals surface area contributed by atoms with Gasteiger partial charge in [-0.3, -0.25) is 9.36 Å². The number of hydrogen-bond donors (Lipinski definition) is 0. The van der Waals surface area contributed by atoms with E-state index in [1.165, 1.54) is 18.7 Å². The Morgan fingerprint density at radius 2 is 2.43 bits per heavy atom. The van der Waals surface area contributed by atoms with E-state index in [0.29, 0.717) is 12.2 Å². The van der Waals surface area contributed by atoms with Gasteiger partial charge in [0.25, 0.3) is 0 Å². The standard InChI is InChI=1S/C13H17FN2O4S/c1-3-4-11(17)19-6-12-20-10(7-21-12)16-5-9(14)8(2)15-13(16)18/h5,10,12H,3-4,6-7H2,1-2H3. The van der Waals surface area contributed by atoms with E-state index >= 15 is 0 Å². The molecule has 0 aromatic carbocycles. The topological polar surface area (TPSA) is 70.4 Å². The first kappa shape index (κ1) is 16.0.